The van der Waals surface area contributed by atoms with E-state index in [1.54, 1.807) is 18.7 Å². The van der Waals surface area contributed by atoms with E-state index in [1.165, 1.54) is 33.3 Å². The average molecular weight is 461 g/mol. The predicted molar refractivity (Wildman–Crippen MR) is 115 cm³/mol. The van der Waals surface area contributed by atoms with Crippen LogP contribution in [0.2, 0.25) is 0 Å². The quantitative estimate of drug-likeness (QED) is 0.382. The third-order valence-electron chi connectivity index (χ3n) is 5.05. The predicted octanol–water partition coefficient (Wildman–Crippen LogP) is 1.67. The minimum atomic E-state index is -1.37. The molecular formula is C21H20N2O4S3. The molecule has 30 heavy (non-hydrogen) atoms. The molecule has 0 bridgehead atoms. The molecule has 1 N–H and O–H groups in total. The van der Waals surface area contributed by atoms with Gasteiger partial charge in [0.05, 0.1) is 27.9 Å². The Balaban J connectivity index is 1.47. The number of hydrogen-bond acceptors (Lipinski definition) is 7. The maximum atomic E-state index is 12.3. The maximum Gasteiger partial charge on any atom is 0.236 e. The lowest BCUT2D eigenvalue weighted by Gasteiger charge is -2.44. The van der Waals surface area contributed by atoms with Crippen LogP contribution in [0.15, 0.2) is 68.5 Å². The number of amides is 1. The van der Waals surface area contributed by atoms with Crippen molar-refractivity contribution in [2.24, 2.45) is 5.92 Å². The number of aliphatic hydroxyl groups excluding tert-OH is 1. The largest absolute Gasteiger partial charge is 0.543 e. The normalized spacial score (nSPS) is 21.4. The van der Waals surface area contributed by atoms with Gasteiger partial charge in [0.2, 0.25) is 5.91 Å². The number of aliphatic hydroxyl groups is 1. The first kappa shape index (κ1) is 21.3. The number of thioether (sulfide) groups is 3. The Morgan fingerprint density at radius 1 is 1.23 bits per heavy atom. The van der Waals surface area contributed by atoms with Crippen LogP contribution in [-0.4, -0.2) is 39.6 Å². The van der Waals surface area contributed by atoms with Gasteiger partial charge in [0.25, 0.3) is 0 Å². The van der Waals surface area contributed by atoms with Gasteiger partial charge in [-0.3, -0.25) is 9.69 Å². The molecule has 4 rings (SSSR count). The molecule has 9 heteroatoms. The van der Waals surface area contributed by atoms with E-state index >= 15 is 0 Å². The molecular weight excluding hydrogens is 440 g/mol. The van der Waals surface area contributed by atoms with Crippen molar-refractivity contribution in [2.45, 2.75) is 34.7 Å². The van der Waals surface area contributed by atoms with Gasteiger partial charge >= 0.3 is 0 Å². The van der Waals surface area contributed by atoms with E-state index in [2.05, 4.69) is 16.7 Å². The van der Waals surface area contributed by atoms with Crippen molar-refractivity contribution < 1.29 is 24.4 Å². The van der Waals surface area contributed by atoms with E-state index in [4.69, 9.17) is 0 Å². The molecule has 156 valence electrons. The first-order chi connectivity index (χ1) is 14.4. The van der Waals surface area contributed by atoms with Crippen molar-refractivity contribution in [3.8, 4) is 0 Å². The van der Waals surface area contributed by atoms with Crippen molar-refractivity contribution in [2.75, 3.05) is 6.26 Å². The summed E-state index contributed by atoms with van der Waals surface area (Å²) >= 11 is 4.31. The number of carbonyl (C=O) groups is 2. The second-order valence-electron chi connectivity index (χ2n) is 7.06. The lowest BCUT2D eigenvalue weighted by Crippen LogP contribution is -2.61. The molecule has 3 atom stereocenters. The Morgan fingerprint density at radius 2 is 1.90 bits per heavy atom. The van der Waals surface area contributed by atoms with Crippen LogP contribution in [0.3, 0.4) is 0 Å². The van der Waals surface area contributed by atoms with Gasteiger partial charge in [0.1, 0.15) is 5.37 Å². The molecule has 2 aromatic rings. The van der Waals surface area contributed by atoms with Crippen molar-refractivity contribution >= 4 is 47.2 Å². The van der Waals surface area contributed by atoms with Crippen molar-refractivity contribution in [3.05, 3.63) is 64.3 Å². The van der Waals surface area contributed by atoms with Gasteiger partial charge in [-0.25, -0.2) is 4.57 Å². The van der Waals surface area contributed by atoms with Gasteiger partial charge in [-0.2, -0.15) is 0 Å². The van der Waals surface area contributed by atoms with Gasteiger partial charge in [0, 0.05) is 27.5 Å². The number of β-lactam (4-membered cyclic amide) rings is 1. The number of pyridine rings is 1. The van der Waals surface area contributed by atoms with Crippen LogP contribution in [0.4, 0.5) is 0 Å². The highest BCUT2D eigenvalue weighted by atomic mass is 32.2. The molecule has 0 saturated carbocycles. The summed E-state index contributed by atoms with van der Waals surface area (Å²) in [5.74, 6) is -2.32. The summed E-state index contributed by atoms with van der Waals surface area (Å²) in [5, 5.41) is 21.1. The lowest BCUT2D eigenvalue weighted by atomic mass is 9.92. The number of carboxylic acids is 1. The summed E-state index contributed by atoms with van der Waals surface area (Å²) in [6.07, 6.45) is 5.31. The van der Waals surface area contributed by atoms with Crippen LogP contribution in [0.5, 0.6) is 0 Å². The fourth-order valence-corrected chi connectivity index (χ4v) is 6.73. The van der Waals surface area contributed by atoms with E-state index in [0.29, 0.717) is 4.24 Å². The van der Waals surface area contributed by atoms with E-state index in [1.807, 2.05) is 42.9 Å². The minimum Gasteiger partial charge on any atom is -0.543 e. The van der Waals surface area contributed by atoms with Crippen LogP contribution in [0.1, 0.15) is 12.5 Å². The maximum absolute atomic E-state index is 12.3. The SMILES string of the molecule is CSc1cc[n+](Cc2ccc(SC3=C(C(=O)[O-])N4C(=O)[C@H]([C@@H](C)O)[C@H]4S3)cc2)cc1. The second kappa shape index (κ2) is 8.66. The van der Waals surface area contributed by atoms with Crippen molar-refractivity contribution in [1.29, 1.82) is 0 Å². The molecule has 0 spiro atoms. The van der Waals surface area contributed by atoms with Crippen molar-refractivity contribution in [1.82, 2.24) is 4.90 Å². The molecule has 3 heterocycles. The highest BCUT2D eigenvalue weighted by Gasteiger charge is 2.56. The zero-order chi connectivity index (χ0) is 21.4. The topological polar surface area (TPSA) is 84.5 Å². The third kappa shape index (κ3) is 3.99. The van der Waals surface area contributed by atoms with Gasteiger partial charge in [-0.05, 0) is 25.3 Å². The standard InChI is InChI=1S/C21H20N2O4S3/c1-12(24)16-18(25)23-17(20(26)27)21(30-19(16)23)29-15-5-3-13(4-6-15)11-22-9-7-14(28-2)8-10-22/h3-10,12,16,19,24H,11H2,1-2H3/t12-,16+,19-/m1/s1. The number of carboxylic acid groups (broad SMARTS) is 1. The Bertz CT molecular complexity index is 1010. The summed E-state index contributed by atoms with van der Waals surface area (Å²) in [5.41, 5.74) is 1.04. The molecule has 2 aliphatic heterocycles. The van der Waals surface area contributed by atoms with E-state index < -0.39 is 18.0 Å². The molecule has 1 amide bonds. The Kier molecular flexibility index (Phi) is 6.15. The molecule has 0 radical (unpaired) electrons. The number of carbonyl (C=O) groups excluding carboxylic acids is 2. The molecule has 6 nitrogen and oxygen atoms in total. The number of rotatable bonds is 7. The molecule has 2 aliphatic rings. The van der Waals surface area contributed by atoms with Gasteiger partial charge < -0.3 is 15.0 Å². The summed E-state index contributed by atoms with van der Waals surface area (Å²) in [6, 6.07) is 12.1. The second-order valence-corrected chi connectivity index (χ2v) is 10.4. The Labute approximate surface area is 187 Å². The van der Waals surface area contributed by atoms with E-state index in [0.717, 1.165) is 17.0 Å². The molecule has 1 saturated heterocycles. The first-order valence-electron chi connectivity index (χ1n) is 9.32. The van der Waals surface area contributed by atoms with Crippen LogP contribution >= 0.6 is 35.3 Å². The summed E-state index contributed by atoms with van der Waals surface area (Å²) in [4.78, 5) is 27.3. The number of benzene rings is 1. The molecule has 1 aromatic heterocycles. The summed E-state index contributed by atoms with van der Waals surface area (Å²) in [6.45, 7) is 2.29. The minimum absolute atomic E-state index is 0.0922. The summed E-state index contributed by atoms with van der Waals surface area (Å²) in [7, 11) is 0. The molecule has 0 unspecified atom stereocenters. The fourth-order valence-electron chi connectivity index (χ4n) is 3.48. The van der Waals surface area contributed by atoms with Crippen LogP contribution in [0, 0.1) is 5.92 Å². The number of aromatic nitrogens is 1. The van der Waals surface area contributed by atoms with Crippen LogP contribution in [0.25, 0.3) is 0 Å². The number of hydrogen-bond donors (Lipinski definition) is 1. The van der Waals surface area contributed by atoms with Crippen LogP contribution < -0.4 is 9.67 Å². The first-order valence-corrected chi connectivity index (χ1v) is 12.2. The van der Waals surface area contributed by atoms with Crippen LogP contribution in [-0.2, 0) is 16.1 Å². The summed E-state index contributed by atoms with van der Waals surface area (Å²) < 4.78 is 2.62. The third-order valence-corrected chi connectivity index (χ3v) is 8.38. The molecule has 1 fully saturated rings. The molecule has 1 aromatic carbocycles. The fraction of sp³-hybridized carbons (Fsp3) is 0.286. The van der Waals surface area contributed by atoms with Crippen molar-refractivity contribution in [3.63, 3.8) is 0 Å². The smallest absolute Gasteiger partial charge is 0.236 e. The monoisotopic (exact) mass is 460 g/mol. The number of aliphatic carboxylic acids is 1. The number of fused-ring (bicyclic) bond motifs is 1. The van der Waals surface area contributed by atoms with E-state index in [9.17, 15) is 19.8 Å². The average Bonchev–Trinajstić information content (AvgIpc) is 3.04. The highest BCUT2D eigenvalue weighted by Crippen LogP contribution is 2.54. The van der Waals surface area contributed by atoms with Gasteiger partial charge in [0.15, 0.2) is 18.9 Å². The molecule has 0 aliphatic carbocycles. The Hall–Kier alpha value is -1.94. The van der Waals surface area contributed by atoms with Gasteiger partial charge in [-0.1, -0.05) is 35.7 Å². The van der Waals surface area contributed by atoms with E-state index in [-0.39, 0.29) is 17.0 Å². The zero-order valence-corrected chi connectivity index (χ0v) is 18.8. The Morgan fingerprint density at radius 3 is 2.47 bits per heavy atom. The number of nitrogens with zero attached hydrogens (tertiary/aromatic N) is 2. The lowest BCUT2D eigenvalue weighted by molar-refractivity contribution is -0.688. The highest BCUT2D eigenvalue weighted by molar-refractivity contribution is 8.22. The zero-order valence-electron chi connectivity index (χ0n) is 16.3. The van der Waals surface area contributed by atoms with Gasteiger partial charge in [-0.15, -0.1) is 11.8 Å².